The molecule has 0 atom stereocenters. The van der Waals surface area contributed by atoms with Gasteiger partial charge in [0.15, 0.2) is 0 Å². The van der Waals surface area contributed by atoms with Gasteiger partial charge in [0.2, 0.25) is 0 Å². The van der Waals surface area contributed by atoms with E-state index in [2.05, 4.69) is 29.8 Å². The number of rotatable bonds is 8. The molecule has 2 amide bonds. The SMILES string of the molecule is CCCCCCN1C(=O)/C(=C2/C(=O)N(CCCC)c3ccc(Br)cc32)SC1=S. The van der Waals surface area contributed by atoms with E-state index in [1.807, 2.05) is 18.2 Å². The number of carbonyl (C=O) groups is 2. The summed E-state index contributed by atoms with van der Waals surface area (Å²) in [6, 6.07) is 5.82. The predicted octanol–water partition coefficient (Wildman–Crippen LogP) is 5.75. The molecule has 0 radical (unpaired) electrons. The number of carbonyl (C=O) groups excluding carboxylic acids is 2. The van der Waals surface area contributed by atoms with Crippen LogP contribution in [0.2, 0.25) is 0 Å². The quantitative estimate of drug-likeness (QED) is 0.270. The van der Waals surface area contributed by atoms with Crippen LogP contribution in [0.25, 0.3) is 5.57 Å². The molecule has 1 aromatic carbocycles. The fourth-order valence-corrected chi connectivity index (χ4v) is 5.24. The Bertz CT molecular complexity index is 838. The van der Waals surface area contributed by atoms with Crippen LogP contribution in [0, 0.1) is 0 Å². The van der Waals surface area contributed by atoms with Crippen LogP contribution in [0.5, 0.6) is 0 Å². The van der Waals surface area contributed by atoms with Gasteiger partial charge in [0.25, 0.3) is 11.8 Å². The number of hydrogen-bond donors (Lipinski definition) is 0. The van der Waals surface area contributed by atoms with Crippen LogP contribution in [0.3, 0.4) is 0 Å². The Morgan fingerprint density at radius 1 is 0.964 bits per heavy atom. The zero-order valence-corrected chi connectivity index (χ0v) is 19.5. The number of thiocarbonyl (C=S) groups is 1. The summed E-state index contributed by atoms with van der Waals surface area (Å²) in [7, 11) is 0. The summed E-state index contributed by atoms with van der Waals surface area (Å²) in [4.78, 5) is 30.3. The maximum atomic E-state index is 13.3. The van der Waals surface area contributed by atoms with Gasteiger partial charge in [0.05, 0.1) is 16.2 Å². The zero-order chi connectivity index (χ0) is 20.3. The third-order valence-electron chi connectivity index (χ3n) is 5.02. The topological polar surface area (TPSA) is 40.6 Å². The number of thioether (sulfide) groups is 1. The summed E-state index contributed by atoms with van der Waals surface area (Å²) >= 11 is 10.2. The molecule has 0 bridgehead atoms. The molecular formula is C21H25BrN2O2S2. The highest BCUT2D eigenvalue weighted by Crippen LogP contribution is 2.45. The van der Waals surface area contributed by atoms with E-state index < -0.39 is 0 Å². The van der Waals surface area contributed by atoms with Crippen molar-refractivity contribution in [2.75, 3.05) is 18.0 Å². The smallest absolute Gasteiger partial charge is 0.267 e. The fraction of sp³-hybridized carbons (Fsp3) is 0.476. The van der Waals surface area contributed by atoms with Gasteiger partial charge in [-0.15, -0.1) is 0 Å². The maximum Gasteiger partial charge on any atom is 0.267 e. The predicted molar refractivity (Wildman–Crippen MR) is 124 cm³/mol. The first-order valence-electron chi connectivity index (χ1n) is 9.89. The van der Waals surface area contributed by atoms with Gasteiger partial charge in [0.1, 0.15) is 4.32 Å². The summed E-state index contributed by atoms with van der Waals surface area (Å²) in [5, 5.41) is 0. The van der Waals surface area contributed by atoms with Crippen molar-refractivity contribution in [1.82, 2.24) is 4.90 Å². The largest absolute Gasteiger partial charge is 0.308 e. The minimum atomic E-state index is -0.127. The summed E-state index contributed by atoms with van der Waals surface area (Å²) in [6.07, 6.45) is 6.25. The fourth-order valence-electron chi connectivity index (χ4n) is 3.50. The van der Waals surface area contributed by atoms with Crippen LogP contribution in [0.1, 0.15) is 57.9 Å². The summed E-state index contributed by atoms with van der Waals surface area (Å²) in [5.74, 6) is -0.217. The van der Waals surface area contributed by atoms with Gasteiger partial charge < -0.3 is 4.90 Å². The highest BCUT2D eigenvalue weighted by atomic mass is 79.9. The minimum Gasteiger partial charge on any atom is -0.308 e. The van der Waals surface area contributed by atoms with Crippen LogP contribution in [-0.4, -0.2) is 34.1 Å². The van der Waals surface area contributed by atoms with Gasteiger partial charge in [-0.3, -0.25) is 14.5 Å². The van der Waals surface area contributed by atoms with Crippen molar-refractivity contribution < 1.29 is 9.59 Å². The first-order chi connectivity index (χ1) is 13.5. The third kappa shape index (κ3) is 4.21. The lowest BCUT2D eigenvalue weighted by molar-refractivity contribution is -0.122. The molecular weight excluding hydrogens is 456 g/mol. The van der Waals surface area contributed by atoms with E-state index >= 15 is 0 Å². The molecule has 28 heavy (non-hydrogen) atoms. The van der Waals surface area contributed by atoms with Crippen LogP contribution in [-0.2, 0) is 9.59 Å². The molecule has 1 aromatic rings. The average Bonchev–Trinajstić information content (AvgIpc) is 3.09. The maximum absolute atomic E-state index is 13.3. The van der Waals surface area contributed by atoms with Gasteiger partial charge in [-0.05, 0) is 31.0 Å². The summed E-state index contributed by atoms with van der Waals surface area (Å²) in [6.45, 7) is 5.55. The number of amides is 2. The molecule has 0 N–H and O–H groups in total. The molecule has 0 unspecified atom stereocenters. The normalized spacial score (nSPS) is 19.2. The lowest BCUT2D eigenvalue weighted by Gasteiger charge is -2.16. The van der Waals surface area contributed by atoms with Gasteiger partial charge in [0, 0.05) is 23.1 Å². The van der Waals surface area contributed by atoms with E-state index in [1.54, 1.807) is 9.80 Å². The van der Waals surface area contributed by atoms with Crippen molar-refractivity contribution in [2.24, 2.45) is 0 Å². The Balaban J connectivity index is 1.94. The van der Waals surface area contributed by atoms with E-state index in [4.69, 9.17) is 12.2 Å². The zero-order valence-electron chi connectivity index (χ0n) is 16.3. The highest BCUT2D eigenvalue weighted by Gasteiger charge is 2.41. The Morgan fingerprint density at radius 2 is 1.68 bits per heavy atom. The Hall–Kier alpha value is -1.18. The summed E-state index contributed by atoms with van der Waals surface area (Å²) in [5.41, 5.74) is 2.20. The number of hydrogen-bond acceptors (Lipinski definition) is 4. The van der Waals surface area contributed by atoms with E-state index in [-0.39, 0.29) is 11.8 Å². The Kier molecular flexibility index (Phi) is 7.34. The van der Waals surface area contributed by atoms with Gasteiger partial charge >= 0.3 is 0 Å². The molecule has 0 spiro atoms. The van der Waals surface area contributed by atoms with E-state index in [9.17, 15) is 9.59 Å². The number of halogens is 1. The van der Waals surface area contributed by atoms with E-state index in [0.717, 1.165) is 54.2 Å². The number of nitrogens with zero attached hydrogens (tertiary/aromatic N) is 2. The van der Waals surface area contributed by atoms with E-state index in [0.29, 0.717) is 27.9 Å². The monoisotopic (exact) mass is 480 g/mol. The molecule has 2 aliphatic heterocycles. The Morgan fingerprint density at radius 3 is 2.39 bits per heavy atom. The molecule has 7 heteroatoms. The third-order valence-corrected chi connectivity index (χ3v) is 6.97. The van der Waals surface area contributed by atoms with Crippen LogP contribution in [0.4, 0.5) is 5.69 Å². The molecule has 2 aliphatic rings. The van der Waals surface area contributed by atoms with Gasteiger partial charge in [-0.2, -0.15) is 0 Å². The standard InChI is InChI=1S/C21H25BrN2O2S2/c1-3-5-7-8-12-24-20(26)18(28-21(24)27)17-15-13-14(22)9-10-16(15)23(19(17)25)11-6-4-2/h9-10,13H,3-8,11-12H2,1-2H3/b18-17-. The van der Waals surface area contributed by atoms with Crippen molar-refractivity contribution in [3.05, 3.63) is 33.1 Å². The number of fused-ring (bicyclic) bond motifs is 1. The minimum absolute atomic E-state index is 0.0898. The van der Waals surface area contributed by atoms with Crippen LogP contribution < -0.4 is 4.90 Å². The molecule has 0 aliphatic carbocycles. The van der Waals surface area contributed by atoms with Crippen molar-refractivity contribution in [3.8, 4) is 0 Å². The average molecular weight is 481 g/mol. The van der Waals surface area contributed by atoms with Crippen molar-refractivity contribution in [3.63, 3.8) is 0 Å². The molecule has 0 saturated carbocycles. The molecule has 1 saturated heterocycles. The molecule has 3 rings (SSSR count). The number of anilines is 1. The van der Waals surface area contributed by atoms with Gasteiger partial charge in [-0.25, -0.2) is 0 Å². The number of unbranched alkanes of at least 4 members (excludes halogenated alkanes) is 4. The second kappa shape index (κ2) is 9.55. The van der Waals surface area contributed by atoms with E-state index in [1.165, 1.54) is 11.8 Å². The van der Waals surface area contributed by atoms with Gasteiger partial charge in [-0.1, -0.05) is 79.4 Å². The van der Waals surface area contributed by atoms with Crippen LogP contribution >= 0.6 is 39.9 Å². The molecule has 1 fully saturated rings. The van der Waals surface area contributed by atoms with Crippen LogP contribution in [0.15, 0.2) is 27.6 Å². The molecule has 0 aromatic heterocycles. The van der Waals surface area contributed by atoms with Crippen molar-refractivity contribution >= 4 is 67.3 Å². The second-order valence-electron chi connectivity index (χ2n) is 7.06. The second-order valence-corrected chi connectivity index (χ2v) is 9.62. The Labute approximate surface area is 184 Å². The first-order valence-corrected chi connectivity index (χ1v) is 11.9. The molecule has 2 heterocycles. The molecule has 4 nitrogen and oxygen atoms in total. The lowest BCUT2D eigenvalue weighted by atomic mass is 10.1. The van der Waals surface area contributed by atoms with Crippen molar-refractivity contribution in [1.29, 1.82) is 0 Å². The van der Waals surface area contributed by atoms with Crippen molar-refractivity contribution in [2.45, 2.75) is 52.4 Å². The molecule has 150 valence electrons. The summed E-state index contributed by atoms with van der Waals surface area (Å²) < 4.78 is 1.45. The number of benzene rings is 1. The lowest BCUT2D eigenvalue weighted by Crippen LogP contribution is -2.30. The first kappa shape index (κ1) is 21.5. The highest BCUT2D eigenvalue weighted by molar-refractivity contribution is 9.10.